The van der Waals surface area contributed by atoms with E-state index in [1.165, 1.54) is 0 Å². The number of pyridine rings is 1. The topological polar surface area (TPSA) is 31.2 Å². The molecule has 1 aromatic heterocycles. The second-order valence-electron chi connectivity index (χ2n) is 5.52. The van der Waals surface area contributed by atoms with Gasteiger partial charge in [0.15, 0.2) is 0 Å². The largest absolute Gasteiger partial charge is 0.497 e. The van der Waals surface area contributed by atoms with Gasteiger partial charge in [0, 0.05) is 11.8 Å². The van der Waals surface area contributed by atoms with Gasteiger partial charge >= 0.3 is 0 Å². The van der Waals surface area contributed by atoms with Crippen LogP contribution in [0, 0.1) is 6.92 Å². The average Bonchev–Trinajstić information content (AvgIpc) is 2.59. The lowest BCUT2D eigenvalue weighted by molar-refractivity contribution is 0.415. The first kappa shape index (κ1) is 15.1. The summed E-state index contributed by atoms with van der Waals surface area (Å²) in [5.74, 6) is 0.808. The van der Waals surface area contributed by atoms with Crippen molar-refractivity contribution in [3.8, 4) is 16.9 Å². The Bertz CT molecular complexity index is 849. The molecule has 3 rings (SSSR count). The molecule has 0 bridgehead atoms. The SMILES string of the molecule is COc1ccc(-c2cc(C)n(Cc3ccccc3)c(=O)c2)cc1. The molecule has 0 aliphatic carbocycles. The summed E-state index contributed by atoms with van der Waals surface area (Å²) in [6, 6.07) is 21.5. The molecular formula is C20H19NO2. The maximum absolute atomic E-state index is 12.5. The number of aromatic nitrogens is 1. The molecule has 0 radical (unpaired) electrons. The Hall–Kier alpha value is -2.81. The molecule has 0 spiro atoms. The Morgan fingerprint density at radius 3 is 2.22 bits per heavy atom. The fraction of sp³-hybridized carbons (Fsp3) is 0.150. The molecular weight excluding hydrogens is 286 g/mol. The summed E-state index contributed by atoms with van der Waals surface area (Å²) < 4.78 is 6.97. The Kier molecular flexibility index (Phi) is 4.29. The van der Waals surface area contributed by atoms with E-state index in [4.69, 9.17) is 4.74 Å². The number of hydrogen-bond donors (Lipinski definition) is 0. The zero-order chi connectivity index (χ0) is 16.2. The van der Waals surface area contributed by atoms with Gasteiger partial charge in [0.1, 0.15) is 5.75 Å². The Labute approximate surface area is 135 Å². The van der Waals surface area contributed by atoms with Crippen LogP contribution < -0.4 is 10.3 Å². The maximum atomic E-state index is 12.5. The summed E-state index contributed by atoms with van der Waals surface area (Å²) in [6.07, 6.45) is 0. The average molecular weight is 305 g/mol. The van der Waals surface area contributed by atoms with Crippen molar-refractivity contribution in [3.05, 3.63) is 88.3 Å². The van der Waals surface area contributed by atoms with Gasteiger partial charge in [0.05, 0.1) is 13.7 Å². The summed E-state index contributed by atoms with van der Waals surface area (Å²) in [5, 5.41) is 0. The predicted octanol–water partition coefficient (Wildman–Crippen LogP) is 3.88. The highest BCUT2D eigenvalue weighted by Gasteiger charge is 2.06. The molecule has 0 fully saturated rings. The molecule has 3 heteroatoms. The van der Waals surface area contributed by atoms with Gasteiger partial charge in [-0.3, -0.25) is 4.79 Å². The van der Waals surface area contributed by atoms with Gasteiger partial charge in [0.25, 0.3) is 5.56 Å². The minimum Gasteiger partial charge on any atom is -0.497 e. The molecule has 0 aliphatic rings. The smallest absolute Gasteiger partial charge is 0.251 e. The molecule has 116 valence electrons. The Morgan fingerprint density at radius 2 is 1.61 bits per heavy atom. The van der Waals surface area contributed by atoms with E-state index in [-0.39, 0.29) is 5.56 Å². The van der Waals surface area contributed by atoms with Crippen LogP contribution in [-0.4, -0.2) is 11.7 Å². The molecule has 0 amide bonds. The standard InChI is InChI=1S/C20H19NO2/c1-15-12-18(17-8-10-19(23-2)11-9-17)13-20(22)21(15)14-16-6-4-3-5-7-16/h3-13H,14H2,1-2H3. The van der Waals surface area contributed by atoms with Crippen LogP contribution in [0.15, 0.2) is 71.5 Å². The van der Waals surface area contributed by atoms with Gasteiger partial charge in [-0.25, -0.2) is 0 Å². The van der Waals surface area contributed by atoms with Crippen LogP contribution >= 0.6 is 0 Å². The van der Waals surface area contributed by atoms with Crippen molar-refractivity contribution in [1.29, 1.82) is 0 Å². The van der Waals surface area contributed by atoms with Gasteiger partial charge in [-0.05, 0) is 41.8 Å². The van der Waals surface area contributed by atoms with Crippen molar-refractivity contribution in [3.63, 3.8) is 0 Å². The number of hydrogen-bond acceptors (Lipinski definition) is 2. The van der Waals surface area contributed by atoms with Gasteiger partial charge in [-0.1, -0.05) is 42.5 Å². The summed E-state index contributed by atoms with van der Waals surface area (Å²) >= 11 is 0. The highest BCUT2D eigenvalue weighted by atomic mass is 16.5. The molecule has 0 atom stereocenters. The lowest BCUT2D eigenvalue weighted by Gasteiger charge is -2.12. The molecule has 3 nitrogen and oxygen atoms in total. The normalized spacial score (nSPS) is 10.5. The molecule has 0 aliphatic heterocycles. The number of ether oxygens (including phenoxy) is 1. The molecule has 2 aromatic carbocycles. The van der Waals surface area contributed by atoms with Crippen molar-refractivity contribution in [1.82, 2.24) is 4.57 Å². The van der Waals surface area contributed by atoms with Crippen LogP contribution in [0.2, 0.25) is 0 Å². The zero-order valence-corrected chi connectivity index (χ0v) is 13.3. The van der Waals surface area contributed by atoms with E-state index < -0.39 is 0 Å². The van der Waals surface area contributed by atoms with E-state index in [1.54, 1.807) is 17.7 Å². The second-order valence-corrected chi connectivity index (χ2v) is 5.52. The third-order valence-corrected chi connectivity index (χ3v) is 3.94. The highest BCUT2D eigenvalue weighted by Crippen LogP contribution is 2.22. The first-order valence-electron chi connectivity index (χ1n) is 7.57. The number of rotatable bonds is 4. The lowest BCUT2D eigenvalue weighted by atomic mass is 10.1. The number of aryl methyl sites for hydroxylation is 1. The highest BCUT2D eigenvalue weighted by molar-refractivity contribution is 5.64. The van der Waals surface area contributed by atoms with E-state index in [0.717, 1.165) is 28.1 Å². The molecule has 1 heterocycles. The predicted molar refractivity (Wildman–Crippen MR) is 93.0 cm³/mol. The third-order valence-electron chi connectivity index (χ3n) is 3.94. The fourth-order valence-electron chi connectivity index (χ4n) is 2.65. The third kappa shape index (κ3) is 3.34. The first-order chi connectivity index (χ1) is 11.2. The first-order valence-corrected chi connectivity index (χ1v) is 7.57. The summed E-state index contributed by atoms with van der Waals surface area (Å²) in [5.41, 5.74) is 4.03. The van der Waals surface area contributed by atoms with Gasteiger partial charge in [-0.2, -0.15) is 0 Å². The molecule has 3 aromatic rings. The minimum atomic E-state index is 0.0136. The van der Waals surface area contributed by atoms with Crippen molar-refractivity contribution in [2.45, 2.75) is 13.5 Å². The van der Waals surface area contributed by atoms with Crippen molar-refractivity contribution >= 4 is 0 Å². The van der Waals surface area contributed by atoms with E-state index in [1.807, 2.05) is 67.6 Å². The Balaban J connectivity index is 1.95. The number of nitrogens with zero attached hydrogens (tertiary/aromatic N) is 1. The van der Waals surface area contributed by atoms with Gasteiger partial charge in [-0.15, -0.1) is 0 Å². The van der Waals surface area contributed by atoms with Gasteiger partial charge in [0.2, 0.25) is 0 Å². The number of benzene rings is 2. The summed E-state index contributed by atoms with van der Waals surface area (Å²) in [4.78, 5) is 12.5. The second kappa shape index (κ2) is 6.53. The van der Waals surface area contributed by atoms with Crippen molar-refractivity contribution in [2.75, 3.05) is 7.11 Å². The quantitative estimate of drug-likeness (QED) is 0.732. The molecule has 0 N–H and O–H groups in total. The van der Waals surface area contributed by atoms with Crippen molar-refractivity contribution in [2.24, 2.45) is 0 Å². The van der Waals surface area contributed by atoms with Crippen molar-refractivity contribution < 1.29 is 4.74 Å². The molecule has 0 unspecified atom stereocenters. The zero-order valence-electron chi connectivity index (χ0n) is 13.3. The van der Waals surface area contributed by atoms with E-state index >= 15 is 0 Å². The fourth-order valence-corrected chi connectivity index (χ4v) is 2.65. The van der Waals surface area contributed by atoms with Crippen LogP contribution in [0.4, 0.5) is 0 Å². The monoisotopic (exact) mass is 305 g/mol. The summed E-state index contributed by atoms with van der Waals surface area (Å²) in [7, 11) is 1.64. The van der Waals surface area contributed by atoms with Crippen LogP contribution in [0.1, 0.15) is 11.3 Å². The van der Waals surface area contributed by atoms with E-state index in [2.05, 4.69) is 0 Å². The maximum Gasteiger partial charge on any atom is 0.251 e. The molecule has 0 saturated heterocycles. The van der Waals surface area contributed by atoms with Crippen LogP contribution in [-0.2, 0) is 6.54 Å². The lowest BCUT2D eigenvalue weighted by Crippen LogP contribution is -2.22. The van der Waals surface area contributed by atoms with Crippen LogP contribution in [0.25, 0.3) is 11.1 Å². The molecule has 23 heavy (non-hydrogen) atoms. The van der Waals surface area contributed by atoms with E-state index in [9.17, 15) is 4.79 Å². The van der Waals surface area contributed by atoms with Gasteiger partial charge < -0.3 is 9.30 Å². The number of methoxy groups -OCH3 is 1. The Morgan fingerprint density at radius 1 is 0.913 bits per heavy atom. The minimum absolute atomic E-state index is 0.0136. The summed E-state index contributed by atoms with van der Waals surface area (Å²) in [6.45, 7) is 2.56. The molecule has 0 saturated carbocycles. The van der Waals surface area contributed by atoms with E-state index in [0.29, 0.717) is 6.54 Å². The van der Waals surface area contributed by atoms with Crippen LogP contribution in [0.5, 0.6) is 5.75 Å². The van der Waals surface area contributed by atoms with Crippen LogP contribution in [0.3, 0.4) is 0 Å².